The molecule has 3 rings (SSSR count). The summed E-state index contributed by atoms with van der Waals surface area (Å²) < 4.78 is 27.5. The van der Waals surface area contributed by atoms with Crippen LogP contribution in [-0.4, -0.2) is 28.1 Å². The topological polar surface area (TPSA) is 49.4 Å². The standard InChI is InChI=1S/C19H23ClN2O2S/c1-15-4-2-3-5-17(15)14-25(23,24)21-12-16-10-11-22(13-16)19-8-6-18(20)7-9-19/h2-9,16,21H,10-14H2,1H3. The second-order valence-electron chi connectivity index (χ2n) is 6.61. The highest BCUT2D eigenvalue weighted by Gasteiger charge is 2.24. The predicted octanol–water partition coefficient (Wildman–Crippen LogP) is 3.59. The molecule has 0 aliphatic carbocycles. The molecule has 1 aliphatic heterocycles. The van der Waals surface area contributed by atoms with Gasteiger partial charge >= 0.3 is 0 Å². The SMILES string of the molecule is Cc1ccccc1CS(=O)(=O)NCC1CCN(c2ccc(Cl)cc2)C1. The third-order valence-corrected chi connectivity index (χ3v) is 6.23. The van der Waals surface area contributed by atoms with Crippen molar-refractivity contribution in [2.75, 3.05) is 24.5 Å². The van der Waals surface area contributed by atoms with E-state index >= 15 is 0 Å². The van der Waals surface area contributed by atoms with Gasteiger partial charge in [0.25, 0.3) is 0 Å². The van der Waals surface area contributed by atoms with Gasteiger partial charge in [0.2, 0.25) is 10.0 Å². The molecule has 4 nitrogen and oxygen atoms in total. The molecule has 2 aromatic rings. The van der Waals surface area contributed by atoms with Crippen molar-refractivity contribution in [3.8, 4) is 0 Å². The normalized spacial score (nSPS) is 17.8. The molecule has 1 saturated heterocycles. The quantitative estimate of drug-likeness (QED) is 0.835. The molecule has 134 valence electrons. The molecular formula is C19H23ClN2O2S. The number of hydrogen-bond acceptors (Lipinski definition) is 3. The largest absolute Gasteiger partial charge is 0.371 e. The fourth-order valence-corrected chi connectivity index (χ4v) is 4.61. The summed E-state index contributed by atoms with van der Waals surface area (Å²) in [5, 5.41) is 0.725. The van der Waals surface area contributed by atoms with E-state index in [4.69, 9.17) is 11.6 Å². The van der Waals surface area contributed by atoms with Gasteiger partial charge in [-0.1, -0.05) is 35.9 Å². The molecule has 0 bridgehead atoms. The molecule has 0 radical (unpaired) electrons. The first-order chi connectivity index (χ1) is 11.9. The summed E-state index contributed by atoms with van der Waals surface area (Å²) in [6, 6.07) is 15.4. The lowest BCUT2D eigenvalue weighted by atomic mass is 10.1. The van der Waals surface area contributed by atoms with Gasteiger partial charge in [-0.25, -0.2) is 13.1 Å². The predicted molar refractivity (Wildman–Crippen MR) is 104 cm³/mol. The molecule has 1 aliphatic rings. The lowest BCUT2D eigenvalue weighted by molar-refractivity contribution is 0.541. The van der Waals surface area contributed by atoms with Crippen molar-refractivity contribution in [3.63, 3.8) is 0 Å². The second-order valence-corrected chi connectivity index (χ2v) is 8.85. The van der Waals surface area contributed by atoms with Gasteiger partial charge in [-0.15, -0.1) is 0 Å². The average molecular weight is 379 g/mol. The zero-order valence-corrected chi connectivity index (χ0v) is 15.9. The summed E-state index contributed by atoms with van der Waals surface area (Å²) in [5.41, 5.74) is 2.99. The maximum atomic E-state index is 12.4. The average Bonchev–Trinajstić information content (AvgIpc) is 3.05. The number of nitrogens with one attached hydrogen (secondary N) is 1. The van der Waals surface area contributed by atoms with Gasteiger partial charge in [-0.3, -0.25) is 0 Å². The Bertz CT molecular complexity index is 822. The Morgan fingerprint density at radius 2 is 1.88 bits per heavy atom. The number of anilines is 1. The zero-order valence-electron chi connectivity index (χ0n) is 14.3. The number of aryl methyl sites for hydroxylation is 1. The molecule has 0 amide bonds. The first-order valence-corrected chi connectivity index (χ1v) is 10.5. The van der Waals surface area contributed by atoms with Crippen molar-refractivity contribution in [3.05, 3.63) is 64.7 Å². The zero-order chi connectivity index (χ0) is 17.9. The van der Waals surface area contributed by atoms with Crippen molar-refractivity contribution in [2.24, 2.45) is 5.92 Å². The fraction of sp³-hybridized carbons (Fsp3) is 0.368. The van der Waals surface area contributed by atoms with Crippen molar-refractivity contribution in [2.45, 2.75) is 19.1 Å². The van der Waals surface area contributed by atoms with Gasteiger partial charge < -0.3 is 4.90 Å². The highest BCUT2D eigenvalue weighted by molar-refractivity contribution is 7.88. The number of halogens is 1. The van der Waals surface area contributed by atoms with Crippen molar-refractivity contribution in [1.29, 1.82) is 0 Å². The Kier molecular flexibility index (Phi) is 5.67. The van der Waals surface area contributed by atoms with Crippen LogP contribution in [0.15, 0.2) is 48.5 Å². The first kappa shape index (κ1) is 18.2. The maximum Gasteiger partial charge on any atom is 0.215 e. The lowest BCUT2D eigenvalue weighted by Gasteiger charge is -2.19. The molecule has 0 aromatic heterocycles. The summed E-state index contributed by atoms with van der Waals surface area (Å²) in [6.45, 7) is 4.21. The van der Waals surface area contributed by atoms with Crippen LogP contribution in [0.2, 0.25) is 5.02 Å². The minimum absolute atomic E-state index is 0.0350. The Morgan fingerprint density at radius 3 is 2.60 bits per heavy atom. The van der Waals surface area contributed by atoms with Crippen LogP contribution >= 0.6 is 11.6 Å². The smallest absolute Gasteiger partial charge is 0.215 e. The molecule has 1 fully saturated rings. The summed E-state index contributed by atoms with van der Waals surface area (Å²) in [5.74, 6) is 0.357. The van der Waals surface area contributed by atoms with Crippen molar-refractivity contribution >= 4 is 27.3 Å². The molecule has 6 heteroatoms. The minimum Gasteiger partial charge on any atom is -0.371 e. The fourth-order valence-electron chi connectivity index (χ4n) is 3.16. The highest BCUT2D eigenvalue weighted by Crippen LogP contribution is 2.25. The van der Waals surface area contributed by atoms with Gasteiger partial charge in [0, 0.05) is 30.3 Å². The number of benzene rings is 2. The maximum absolute atomic E-state index is 12.4. The minimum atomic E-state index is -3.32. The van der Waals surface area contributed by atoms with Crippen LogP contribution in [0.25, 0.3) is 0 Å². The summed E-state index contributed by atoms with van der Waals surface area (Å²) in [7, 11) is -3.32. The van der Waals surface area contributed by atoms with E-state index in [-0.39, 0.29) is 5.75 Å². The van der Waals surface area contributed by atoms with E-state index in [2.05, 4.69) is 9.62 Å². The molecule has 0 saturated carbocycles. The van der Waals surface area contributed by atoms with Crippen LogP contribution in [-0.2, 0) is 15.8 Å². The summed E-state index contributed by atoms with van der Waals surface area (Å²) in [4.78, 5) is 2.27. The van der Waals surface area contributed by atoms with Crippen LogP contribution in [0.1, 0.15) is 17.5 Å². The third kappa shape index (κ3) is 4.97. The lowest BCUT2D eigenvalue weighted by Crippen LogP contribution is -2.32. The van der Waals surface area contributed by atoms with Gasteiger partial charge in [-0.2, -0.15) is 0 Å². The van der Waals surface area contributed by atoms with Crippen LogP contribution in [0.5, 0.6) is 0 Å². The van der Waals surface area contributed by atoms with Crippen LogP contribution in [0.4, 0.5) is 5.69 Å². The van der Waals surface area contributed by atoms with E-state index in [9.17, 15) is 8.42 Å². The Morgan fingerprint density at radius 1 is 1.16 bits per heavy atom. The van der Waals surface area contributed by atoms with Crippen LogP contribution in [0, 0.1) is 12.8 Å². The van der Waals surface area contributed by atoms with Gasteiger partial charge in [0.05, 0.1) is 5.75 Å². The monoisotopic (exact) mass is 378 g/mol. The number of rotatable bonds is 6. The molecule has 25 heavy (non-hydrogen) atoms. The molecule has 0 spiro atoms. The molecule has 1 unspecified atom stereocenters. The van der Waals surface area contributed by atoms with E-state index in [0.29, 0.717) is 12.5 Å². The summed E-state index contributed by atoms with van der Waals surface area (Å²) >= 11 is 5.93. The molecule has 1 N–H and O–H groups in total. The van der Waals surface area contributed by atoms with Crippen molar-refractivity contribution < 1.29 is 8.42 Å². The van der Waals surface area contributed by atoms with E-state index in [1.165, 1.54) is 0 Å². The number of hydrogen-bond donors (Lipinski definition) is 1. The van der Waals surface area contributed by atoms with E-state index in [1.807, 2.05) is 55.5 Å². The number of nitrogens with zero attached hydrogens (tertiary/aromatic N) is 1. The van der Waals surface area contributed by atoms with Gasteiger partial charge in [0.15, 0.2) is 0 Å². The van der Waals surface area contributed by atoms with Crippen LogP contribution in [0.3, 0.4) is 0 Å². The van der Waals surface area contributed by atoms with Gasteiger partial charge in [0.1, 0.15) is 0 Å². The first-order valence-electron chi connectivity index (χ1n) is 8.45. The Hall–Kier alpha value is -1.56. The molecular weight excluding hydrogens is 356 g/mol. The van der Waals surface area contributed by atoms with Gasteiger partial charge in [-0.05, 0) is 54.7 Å². The molecule has 1 atom stereocenters. The van der Waals surface area contributed by atoms with Crippen molar-refractivity contribution in [1.82, 2.24) is 4.72 Å². The Labute approximate surface area is 154 Å². The molecule has 1 heterocycles. The number of sulfonamides is 1. The Balaban J connectivity index is 1.53. The van der Waals surface area contributed by atoms with E-state index in [1.54, 1.807) is 0 Å². The highest BCUT2D eigenvalue weighted by atomic mass is 35.5. The van der Waals surface area contributed by atoms with E-state index < -0.39 is 10.0 Å². The third-order valence-electron chi connectivity index (χ3n) is 4.68. The van der Waals surface area contributed by atoms with Crippen LogP contribution < -0.4 is 9.62 Å². The molecule has 2 aromatic carbocycles. The summed E-state index contributed by atoms with van der Waals surface area (Å²) in [6.07, 6.45) is 0.982. The van der Waals surface area contributed by atoms with E-state index in [0.717, 1.165) is 41.3 Å². The second kappa shape index (κ2) is 7.77.